The van der Waals surface area contributed by atoms with Crippen molar-refractivity contribution in [2.24, 2.45) is 0 Å². The number of imide groups is 1. The van der Waals surface area contributed by atoms with Gasteiger partial charge in [0.05, 0.1) is 6.04 Å². The highest BCUT2D eigenvalue weighted by atomic mass is 35.5. The molecule has 2 aliphatic heterocycles. The summed E-state index contributed by atoms with van der Waals surface area (Å²) in [6.07, 6.45) is 3.14. The number of hydrogen-bond acceptors (Lipinski definition) is 4. The van der Waals surface area contributed by atoms with Crippen LogP contribution in [0.5, 0.6) is 0 Å². The molecule has 120 valence electrons. The third-order valence-corrected chi connectivity index (χ3v) is 4.17. The van der Waals surface area contributed by atoms with Gasteiger partial charge >= 0.3 is 6.09 Å². The number of amides is 3. The maximum atomic E-state index is 12.2. The fourth-order valence-corrected chi connectivity index (χ4v) is 2.84. The lowest BCUT2D eigenvalue weighted by Gasteiger charge is -2.19. The van der Waals surface area contributed by atoms with E-state index in [0.29, 0.717) is 24.5 Å². The first-order chi connectivity index (χ1) is 11.0. The van der Waals surface area contributed by atoms with E-state index in [1.54, 1.807) is 23.1 Å². The van der Waals surface area contributed by atoms with Gasteiger partial charge in [0.25, 0.3) is 5.91 Å². The Bertz CT molecular complexity index is 655. The summed E-state index contributed by atoms with van der Waals surface area (Å²) >= 11 is 5.81. The summed E-state index contributed by atoms with van der Waals surface area (Å²) in [5.74, 6) is -0.492. The van der Waals surface area contributed by atoms with Gasteiger partial charge in [0, 0.05) is 24.2 Å². The molecule has 2 heterocycles. The molecule has 3 amide bonds. The van der Waals surface area contributed by atoms with Gasteiger partial charge in [-0.2, -0.15) is 0 Å². The zero-order valence-electron chi connectivity index (χ0n) is 12.3. The third-order valence-electron chi connectivity index (χ3n) is 3.91. The average Bonchev–Trinajstić information content (AvgIpc) is 3.13. The predicted molar refractivity (Wildman–Crippen MR) is 83.7 cm³/mol. The molecular weight excluding hydrogens is 320 g/mol. The van der Waals surface area contributed by atoms with Gasteiger partial charge in [-0.25, -0.2) is 9.69 Å². The lowest BCUT2D eigenvalue weighted by atomic mass is 10.2. The van der Waals surface area contributed by atoms with E-state index < -0.39 is 6.09 Å². The zero-order chi connectivity index (χ0) is 16.4. The van der Waals surface area contributed by atoms with E-state index in [1.807, 2.05) is 12.1 Å². The molecule has 0 aromatic heterocycles. The first-order valence-corrected chi connectivity index (χ1v) is 7.64. The first-order valence-electron chi connectivity index (χ1n) is 7.26. The average molecular weight is 335 g/mol. The Morgan fingerprint density at radius 2 is 2.00 bits per heavy atom. The molecule has 0 bridgehead atoms. The molecule has 2 fully saturated rings. The SMILES string of the molecule is O=C(/C=C/c1ccc(Cl)cc1)N1CCC(N2C(=O)COC2=O)C1. The van der Waals surface area contributed by atoms with Crippen molar-refractivity contribution in [3.8, 4) is 0 Å². The van der Waals surface area contributed by atoms with E-state index in [4.69, 9.17) is 16.3 Å². The number of nitrogens with zero attached hydrogens (tertiary/aromatic N) is 2. The van der Waals surface area contributed by atoms with Crippen molar-refractivity contribution in [2.45, 2.75) is 12.5 Å². The van der Waals surface area contributed by atoms with Crippen LogP contribution in [0, 0.1) is 0 Å². The topological polar surface area (TPSA) is 66.9 Å². The van der Waals surface area contributed by atoms with Gasteiger partial charge in [-0.05, 0) is 30.2 Å². The number of benzene rings is 1. The molecule has 0 spiro atoms. The summed E-state index contributed by atoms with van der Waals surface area (Å²) < 4.78 is 4.71. The maximum absolute atomic E-state index is 12.2. The van der Waals surface area contributed by atoms with Gasteiger partial charge in [-0.15, -0.1) is 0 Å². The van der Waals surface area contributed by atoms with Gasteiger partial charge < -0.3 is 9.64 Å². The zero-order valence-corrected chi connectivity index (χ0v) is 13.0. The summed E-state index contributed by atoms with van der Waals surface area (Å²) in [6.45, 7) is 0.635. The molecule has 0 radical (unpaired) electrons. The number of carbonyl (C=O) groups is 3. The molecule has 0 saturated carbocycles. The Kier molecular flexibility index (Phi) is 4.34. The predicted octanol–water partition coefficient (Wildman–Crippen LogP) is 1.93. The van der Waals surface area contributed by atoms with Crippen LogP contribution in [0.1, 0.15) is 12.0 Å². The van der Waals surface area contributed by atoms with Crippen molar-refractivity contribution in [2.75, 3.05) is 19.7 Å². The van der Waals surface area contributed by atoms with E-state index in [9.17, 15) is 14.4 Å². The van der Waals surface area contributed by atoms with E-state index in [1.165, 1.54) is 6.08 Å². The van der Waals surface area contributed by atoms with Crippen molar-refractivity contribution in [3.63, 3.8) is 0 Å². The lowest BCUT2D eigenvalue weighted by Crippen LogP contribution is -2.41. The molecule has 1 atom stereocenters. The number of hydrogen-bond donors (Lipinski definition) is 0. The summed E-state index contributed by atoms with van der Waals surface area (Å²) in [5.41, 5.74) is 0.872. The molecular formula is C16H15ClN2O4. The Balaban J connectivity index is 1.60. The highest BCUT2D eigenvalue weighted by molar-refractivity contribution is 6.30. The molecule has 1 aromatic rings. The number of carbonyl (C=O) groups excluding carboxylic acids is 3. The van der Waals surface area contributed by atoms with Crippen molar-refractivity contribution in [3.05, 3.63) is 40.9 Å². The van der Waals surface area contributed by atoms with E-state index in [-0.39, 0.29) is 24.5 Å². The second kappa shape index (κ2) is 6.42. The van der Waals surface area contributed by atoms with Crippen LogP contribution in [0.25, 0.3) is 6.08 Å². The van der Waals surface area contributed by atoms with Crippen LogP contribution in [-0.4, -0.2) is 53.4 Å². The number of likely N-dealkylation sites (tertiary alicyclic amines) is 1. The quantitative estimate of drug-likeness (QED) is 0.792. The van der Waals surface area contributed by atoms with Gasteiger partial charge in [0.15, 0.2) is 6.61 Å². The fourth-order valence-electron chi connectivity index (χ4n) is 2.72. The second-order valence-corrected chi connectivity index (χ2v) is 5.87. The van der Waals surface area contributed by atoms with Crippen LogP contribution in [0.4, 0.5) is 4.79 Å². The van der Waals surface area contributed by atoms with Crippen LogP contribution in [0.2, 0.25) is 5.02 Å². The molecule has 2 aliphatic rings. The van der Waals surface area contributed by atoms with E-state index in [0.717, 1.165) is 10.5 Å². The van der Waals surface area contributed by atoms with E-state index in [2.05, 4.69) is 0 Å². The highest BCUT2D eigenvalue weighted by Crippen LogP contribution is 2.20. The highest BCUT2D eigenvalue weighted by Gasteiger charge is 2.40. The molecule has 3 rings (SSSR count). The van der Waals surface area contributed by atoms with Crippen LogP contribution in [0.3, 0.4) is 0 Å². The molecule has 2 saturated heterocycles. The van der Waals surface area contributed by atoms with Gasteiger partial charge in [0.1, 0.15) is 0 Å². The normalized spacial score (nSPS) is 21.3. The minimum Gasteiger partial charge on any atom is -0.439 e. The summed E-state index contributed by atoms with van der Waals surface area (Å²) in [5, 5.41) is 0.637. The van der Waals surface area contributed by atoms with E-state index >= 15 is 0 Å². The fraction of sp³-hybridized carbons (Fsp3) is 0.312. The number of cyclic esters (lactones) is 1. The van der Waals surface area contributed by atoms with Crippen LogP contribution < -0.4 is 0 Å². The second-order valence-electron chi connectivity index (χ2n) is 5.43. The molecule has 1 unspecified atom stereocenters. The van der Waals surface area contributed by atoms with Crippen molar-refractivity contribution in [1.29, 1.82) is 0 Å². The summed E-state index contributed by atoms with van der Waals surface area (Å²) in [7, 11) is 0. The molecule has 7 heteroatoms. The number of halogens is 1. The Labute approximate surface area is 138 Å². The Morgan fingerprint density at radius 3 is 2.65 bits per heavy atom. The minimum absolute atomic E-state index is 0.150. The van der Waals surface area contributed by atoms with Gasteiger partial charge in [-0.3, -0.25) is 9.59 Å². The van der Waals surface area contributed by atoms with Gasteiger partial charge in [-0.1, -0.05) is 23.7 Å². The Morgan fingerprint density at radius 1 is 1.26 bits per heavy atom. The molecule has 0 N–H and O–H groups in total. The largest absolute Gasteiger partial charge is 0.439 e. The summed E-state index contributed by atoms with van der Waals surface area (Å²) in [6, 6.07) is 6.84. The minimum atomic E-state index is -0.619. The van der Waals surface area contributed by atoms with Crippen LogP contribution >= 0.6 is 11.6 Å². The molecule has 1 aromatic carbocycles. The maximum Gasteiger partial charge on any atom is 0.417 e. The summed E-state index contributed by atoms with van der Waals surface area (Å²) in [4.78, 5) is 38.1. The van der Waals surface area contributed by atoms with Crippen molar-refractivity contribution >= 4 is 35.6 Å². The standard InChI is InChI=1S/C16H15ClN2O4/c17-12-4-1-11(2-5-12)3-6-14(20)18-8-7-13(9-18)19-15(21)10-23-16(19)22/h1-6,13H,7-10H2/b6-3+. The molecule has 23 heavy (non-hydrogen) atoms. The van der Waals surface area contributed by atoms with Crippen molar-refractivity contribution < 1.29 is 19.1 Å². The van der Waals surface area contributed by atoms with Crippen LogP contribution in [-0.2, 0) is 14.3 Å². The van der Waals surface area contributed by atoms with Gasteiger partial charge in [0.2, 0.25) is 5.91 Å². The third kappa shape index (κ3) is 3.37. The van der Waals surface area contributed by atoms with Crippen molar-refractivity contribution in [1.82, 2.24) is 9.80 Å². The monoisotopic (exact) mass is 334 g/mol. The number of ether oxygens (including phenoxy) is 1. The first kappa shape index (κ1) is 15.6. The van der Waals surface area contributed by atoms with Crippen LogP contribution in [0.15, 0.2) is 30.3 Å². The Hall–Kier alpha value is -2.34. The smallest absolute Gasteiger partial charge is 0.417 e. The molecule has 0 aliphatic carbocycles. The lowest BCUT2D eigenvalue weighted by molar-refractivity contribution is -0.128. The molecule has 6 nitrogen and oxygen atoms in total. The number of rotatable bonds is 3.